The summed E-state index contributed by atoms with van der Waals surface area (Å²) in [7, 11) is 0. The molecule has 2 nitrogen and oxygen atoms in total. The molecular formula is C13H18O2. The molecule has 0 atom stereocenters. The Bertz CT molecular complexity index is 306. The van der Waals surface area contributed by atoms with Crippen LogP contribution >= 0.6 is 0 Å². The summed E-state index contributed by atoms with van der Waals surface area (Å²) in [6.07, 6.45) is 10.4. The summed E-state index contributed by atoms with van der Waals surface area (Å²) in [6.45, 7) is 3.14. The van der Waals surface area contributed by atoms with E-state index < -0.39 is 0 Å². The molecule has 1 fully saturated rings. The molecule has 1 heterocycles. The second kappa shape index (κ2) is 4.31. The van der Waals surface area contributed by atoms with Crippen LogP contribution in [0.1, 0.15) is 32.6 Å². The number of ketones is 1. The summed E-state index contributed by atoms with van der Waals surface area (Å²) in [5.41, 5.74) is 0.986. The minimum Gasteiger partial charge on any atom is -0.381 e. The zero-order chi connectivity index (χ0) is 10.7. The second-order valence-corrected chi connectivity index (χ2v) is 4.39. The molecule has 15 heavy (non-hydrogen) atoms. The zero-order valence-electron chi connectivity index (χ0n) is 9.29. The summed E-state index contributed by atoms with van der Waals surface area (Å²) in [5.74, 6) is 0.295. The Morgan fingerprint density at radius 1 is 1.33 bits per heavy atom. The number of carbonyl (C=O) groups is 1. The Morgan fingerprint density at radius 3 is 2.60 bits per heavy atom. The van der Waals surface area contributed by atoms with Crippen molar-refractivity contribution in [2.75, 3.05) is 13.2 Å². The van der Waals surface area contributed by atoms with Gasteiger partial charge in [-0.05, 0) is 38.2 Å². The first-order chi connectivity index (χ1) is 7.26. The molecule has 0 spiro atoms. The van der Waals surface area contributed by atoms with Gasteiger partial charge in [-0.3, -0.25) is 4.79 Å². The van der Waals surface area contributed by atoms with Crippen molar-refractivity contribution in [3.05, 3.63) is 23.8 Å². The van der Waals surface area contributed by atoms with E-state index in [0.717, 1.165) is 25.7 Å². The summed E-state index contributed by atoms with van der Waals surface area (Å²) >= 11 is 0. The highest BCUT2D eigenvalue weighted by Crippen LogP contribution is 2.41. The van der Waals surface area contributed by atoms with Gasteiger partial charge in [-0.25, -0.2) is 0 Å². The second-order valence-electron chi connectivity index (χ2n) is 4.39. The Morgan fingerprint density at radius 2 is 2.07 bits per heavy atom. The third kappa shape index (κ3) is 1.91. The highest BCUT2D eigenvalue weighted by atomic mass is 16.5. The predicted molar refractivity (Wildman–Crippen MR) is 59.6 cm³/mol. The van der Waals surface area contributed by atoms with Crippen molar-refractivity contribution in [1.82, 2.24) is 0 Å². The smallest absolute Gasteiger partial charge is 0.140 e. The molecule has 0 saturated carbocycles. The van der Waals surface area contributed by atoms with Crippen molar-refractivity contribution in [2.45, 2.75) is 32.6 Å². The highest BCUT2D eigenvalue weighted by molar-refractivity contribution is 5.86. The van der Waals surface area contributed by atoms with Crippen LogP contribution in [0.2, 0.25) is 0 Å². The molecule has 1 aliphatic heterocycles. The molecule has 1 aliphatic carbocycles. The van der Waals surface area contributed by atoms with Crippen LogP contribution in [0.3, 0.4) is 0 Å². The molecule has 0 amide bonds. The Labute approximate surface area is 91.0 Å². The lowest BCUT2D eigenvalue weighted by atomic mass is 9.69. The Hall–Kier alpha value is -0.890. The maximum absolute atomic E-state index is 11.9. The average Bonchev–Trinajstić information content (AvgIpc) is 2.31. The van der Waals surface area contributed by atoms with E-state index in [1.54, 1.807) is 6.92 Å². The molecule has 0 bridgehead atoms. The highest BCUT2D eigenvalue weighted by Gasteiger charge is 2.39. The van der Waals surface area contributed by atoms with Gasteiger partial charge < -0.3 is 4.74 Å². The van der Waals surface area contributed by atoms with Crippen LogP contribution < -0.4 is 0 Å². The van der Waals surface area contributed by atoms with Gasteiger partial charge in [0.15, 0.2) is 0 Å². The molecule has 0 aromatic rings. The summed E-state index contributed by atoms with van der Waals surface area (Å²) in [4.78, 5) is 11.9. The van der Waals surface area contributed by atoms with Crippen LogP contribution in [0.15, 0.2) is 23.8 Å². The lowest BCUT2D eigenvalue weighted by Crippen LogP contribution is -2.37. The molecule has 1 saturated heterocycles. The molecule has 0 aromatic carbocycles. The summed E-state index contributed by atoms with van der Waals surface area (Å²) in [5, 5.41) is 0. The molecular weight excluding hydrogens is 188 g/mol. The molecule has 0 N–H and O–H groups in total. The van der Waals surface area contributed by atoms with Gasteiger partial charge in [0.1, 0.15) is 5.78 Å². The van der Waals surface area contributed by atoms with Crippen LogP contribution in [0.4, 0.5) is 0 Å². The normalized spacial score (nSPS) is 24.7. The predicted octanol–water partition coefficient (Wildman–Crippen LogP) is 2.65. The lowest BCUT2D eigenvalue weighted by molar-refractivity contribution is -0.128. The van der Waals surface area contributed by atoms with E-state index >= 15 is 0 Å². The quantitative estimate of drug-likeness (QED) is 0.694. The maximum Gasteiger partial charge on any atom is 0.140 e. The maximum atomic E-state index is 11.9. The zero-order valence-corrected chi connectivity index (χ0v) is 9.29. The van der Waals surface area contributed by atoms with Gasteiger partial charge >= 0.3 is 0 Å². The van der Waals surface area contributed by atoms with Gasteiger partial charge in [0, 0.05) is 13.2 Å². The van der Waals surface area contributed by atoms with E-state index in [2.05, 4.69) is 18.2 Å². The van der Waals surface area contributed by atoms with Gasteiger partial charge in [-0.15, -0.1) is 0 Å². The number of rotatable bonds is 2. The van der Waals surface area contributed by atoms with Crippen LogP contribution in [0.25, 0.3) is 0 Å². The number of allylic oxidation sites excluding steroid dienone is 4. The fourth-order valence-corrected chi connectivity index (χ4v) is 2.53. The molecule has 2 aliphatic rings. The minimum absolute atomic E-state index is 0.241. The van der Waals surface area contributed by atoms with Crippen LogP contribution in [-0.2, 0) is 9.53 Å². The molecule has 0 unspecified atom stereocenters. The fraction of sp³-hybridized carbons (Fsp3) is 0.615. The van der Waals surface area contributed by atoms with Crippen molar-refractivity contribution in [3.63, 3.8) is 0 Å². The number of hydrogen-bond acceptors (Lipinski definition) is 2. The van der Waals surface area contributed by atoms with E-state index in [1.807, 2.05) is 0 Å². The third-order valence-electron chi connectivity index (χ3n) is 3.57. The fourth-order valence-electron chi connectivity index (χ4n) is 2.53. The molecule has 0 aromatic heterocycles. The Kier molecular flexibility index (Phi) is 3.06. The van der Waals surface area contributed by atoms with Crippen LogP contribution in [-0.4, -0.2) is 19.0 Å². The number of ether oxygens (including phenoxy) is 1. The van der Waals surface area contributed by atoms with E-state index in [9.17, 15) is 4.79 Å². The topological polar surface area (TPSA) is 26.3 Å². The van der Waals surface area contributed by atoms with Crippen molar-refractivity contribution in [3.8, 4) is 0 Å². The number of Topliss-reactive ketones (excluding diaryl/α,β-unsaturated/α-hetero) is 1. The Balaban J connectivity index is 2.28. The SMILES string of the molecule is CC(=O)C1(C2=CCCC=C2)CCOCC1. The standard InChI is InChI=1S/C13H18O2/c1-11(14)13(7-9-15-10-8-13)12-5-3-2-4-6-12/h3,5-6H,2,4,7-10H2,1H3. The van der Waals surface area contributed by atoms with Gasteiger partial charge in [0.25, 0.3) is 0 Å². The number of carbonyl (C=O) groups excluding carboxylic acids is 1. The minimum atomic E-state index is -0.241. The largest absolute Gasteiger partial charge is 0.381 e. The van der Waals surface area contributed by atoms with E-state index in [0.29, 0.717) is 19.0 Å². The van der Waals surface area contributed by atoms with Crippen LogP contribution in [0.5, 0.6) is 0 Å². The van der Waals surface area contributed by atoms with Gasteiger partial charge in [-0.1, -0.05) is 18.2 Å². The van der Waals surface area contributed by atoms with E-state index in [4.69, 9.17) is 4.74 Å². The van der Waals surface area contributed by atoms with Gasteiger partial charge in [0.05, 0.1) is 5.41 Å². The van der Waals surface area contributed by atoms with Crippen molar-refractivity contribution in [1.29, 1.82) is 0 Å². The molecule has 2 rings (SSSR count). The average molecular weight is 206 g/mol. The first-order valence-electron chi connectivity index (χ1n) is 5.72. The summed E-state index contributed by atoms with van der Waals surface area (Å²) in [6, 6.07) is 0. The first-order valence-corrected chi connectivity index (χ1v) is 5.72. The first kappa shape index (κ1) is 10.6. The third-order valence-corrected chi connectivity index (χ3v) is 3.57. The van der Waals surface area contributed by atoms with Crippen molar-refractivity contribution >= 4 is 5.78 Å². The molecule has 2 heteroatoms. The van der Waals surface area contributed by atoms with Crippen molar-refractivity contribution in [2.24, 2.45) is 5.41 Å². The van der Waals surface area contributed by atoms with Gasteiger partial charge in [0.2, 0.25) is 0 Å². The van der Waals surface area contributed by atoms with Crippen molar-refractivity contribution < 1.29 is 9.53 Å². The van der Waals surface area contributed by atoms with Crippen LogP contribution in [0, 0.1) is 5.41 Å². The lowest BCUT2D eigenvalue weighted by Gasteiger charge is -2.37. The van der Waals surface area contributed by atoms with E-state index in [-0.39, 0.29) is 5.41 Å². The number of hydrogen-bond donors (Lipinski definition) is 0. The monoisotopic (exact) mass is 206 g/mol. The molecule has 0 radical (unpaired) electrons. The summed E-state index contributed by atoms with van der Waals surface area (Å²) < 4.78 is 5.36. The van der Waals surface area contributed by atoms with E-state index in [1.165, 1.54) is 5.57 Å². The molecule has 82 valence electrons. The van der Waals surface area contributed by atoms with Gasteiger partial charge in [-0.2, -0.15) is 0 Å².